The number of fused-ring (bicyclic) bond motifs is 2. The second kappa shape index (κ2) is 6.02. The van der Waals surface area contributed by atoms with E-state index >= 15 is 0 Å². The summed E-state index contributed by atoms with van der Waals surface area (Å²) in [7, 11) is 2.14. The summed E-state index contributed by atoms with van der Waals surface area (Å²) in [5.74, 6) is 0.338. The van der Waals surface area contributed by atoms with Gasteiger partial charge in [0, 0.05) is 30.7 Å². The largest absolute Gasteiger partial charge is 0.339 e. The first kappa shape index (κ1) is 14.3. The highest BCUT2D eigenvalue weighted by Gasteiger charge is 2.36. The van der Waals surface area contributed by atoms with Crippen molar-refractivity contribution in [1.29, 1.82) is 0 Å². The van der Waals surface area contributed by atoms with Gasteiger partial charge in [-0.3, -0.25) is 9.69 Å². The summed E-state index contributed by atoms with van der Waals surface area (Å²) in [6.45, 7) is 3.77. The van der Waals surface area contributed by atoms with Gasteiger partial charge in [-0.05, 0) is 58.9 Å². The Morgan fingerprint density at radius 2 is 1.90 bits per heavy atom. The molecule has 2 bridgehead atoms. The van der Waals surface area contributed by atoms with E-state index in [1.165, 1.54) is 44.9 Å². The zero-order valence-corrected chi connectivity index (χ0v) is 13.0. The zero-order chi connectivity index (χ0) is 14.1. The zero-order valence-electron chi connectivity index (χ0n) is 13.0. The number of nitrogens with zero attached hydrogens (tertiary/aromatic N) is 2. The molecule has 0 aliphatic carbocycles. The fourth-order valence-electron chi connectivity index (χ4n) is 4.29. The van der Waals surface area contributed by atoms with E-state index in [-0.39, 0.29) is 0 Å². The van der Waals surface area contributed by atoms with E-state index in [1.807, 2.05) is 0 Å². The summed E-state index contributed by atoms with van der Waals surface area (Å²) in [6.07, 6.45) is 8.71. The number of piperidine rings is 2. The molecule has 3 atom stereocenters. The van der Waals surface area contributed by atoms with Gasteiger partial charge in [0.15, 0.2) is 0 Å². The van der Waals surface area contributed by atoms with E-state index in [0.29, 0.717) is 36.6 Å². The first-order chi connectivity index (χ1) is 9.63. The van der Waals surface area contributed by atoms with Crippen molar-refractivity contribution in [3.8, 4) is 0 Å². The number of rotatable bonds is 3. The van der Waals surface area contributed by atoms with Crippen LogP contribution in [0.5, 0.6) is 0 Å². The third-order valence-corrected chi connectivity index (χ3v) is 5.58. The molecule has 0 aromatic rings. The van der Waals surface area contributed by atoms with Gasteiger partial charge in [-0.2, -0.15) is 0 Å². The van der Waals surface area contributed by atoms with Gasteiger partial charge in [0.05, 0.1) is 6.54 Å². The van der Waals surface area contributed by atoms with Crippen molar-refractivity contribution in [3.63, 3.8) is 0 Å². The lowest BCUT2D eigenvalue weighted by atomic mass is 9.98. The molecular weight excluding hydrogens is 250 g/mol. The molecule has 3 saturated heterocycles. The first-order valence-corrected chi connectivity index (χ1v) is 8.39. The number of amides is 1. The van der Waals surface area contributed by atoms with E-state index in [9.17, 15) is 4.79 Å². The maximum atomic E-state index is 12.5. The van der Waals surface area contributed by atoms with Crippen molar-refractivity contribution in [3.05, 3.63) is 0 Å². The minimum atomic E-state index is 0.338. The maximum absolute atomic E-state index is 12.5. The smallest absolute Gasteiger partial charge is 0.236 e. The summed E-state index contributed by atoms with van der Waals surface area (Å²) in [5.41, 5.74) is 0. The normalized spacial score (nSPS) is 37.5. The average Bonchev–Trinajstić information content (AvgIpc) is 2.77. The van der Waals surface area contributed by atoms with Gasteiger partial charge < -0.3 is 10.2 Å². The summed E-state index contributed by atoms with van der Waals surface area (Å²) in [5, 5.41) is 3.68. The number of carbonyl (C=O) groups excluding carboxylic acids is 1. The predicted molar refractivity (Wildman–Crippen MR) is 80.6 cm³/mol. The Morgan fingerprint density at radius 1 is 1.20 bits per heavy atom. The molecule has 3 rings (SSSR count). The molecule has 0 saturated carbocycles. The Kier molecular flexibility index (Phi) is 4.32. The van der Waals surface area contributed by atoms with Crippen LogP contribution in [0.4, 0.5) is 0 Å². The van der Waals surface area contributed by atoms with E-state index in [0.717, 1.165) is 6.54 Å². The Labute approximate surface area is 122 Å². The molecule has 0 aromatic carbocycles. The van der Waals surface area contributed by atoms with Gasteiger partial charge in [-0.25, -0.2) is 0 Å². The SMILES string of the molecule is CC1CCCCN1C(=O)CN(C)C1CC2CCC(C1)N2. The highest BCUT2D eigenvalue weighted by molar-refractivity contribution is 5.78. The highest BCUT2D eigenvalue weighted by Crippen LogP contribution is 2.29. The number of likely N-dealkylation sites (N-methyl/N-ethyl adjacent to an activating group) is 1. The molecule has 3 fully saturated rings. The van der Waals surface area contributed by atoms with Crippen LogP contribution in [0.25, 0.3) is 0 Å². The van der Waals surface area contributed by atoms with Gasteiger partial charge in [0.25, 0.3) is 0 Å². The van der Waals surface area contributed by atoms with Crippen LogP contribution in [0.3, 0.4) is 0 Å². The summed E-state index contributed by atoms with van der Waals surface area (Å²) >= 11 is 0. The molecule has 3 unspecified atom stereocenters. The van der Waals surface area contributed by atoms with Gasteiger partial charge in [-0.1, -0.05) is 0 Å². The molecule has 4 heteroatoms. The fraction of sp³-hybridized carbons (Fsp3) is 0.938. The van der Waals surface area contributed by atoms with E-state index < -0.39 is 0 Å². The van der Waals surface area contributed by atoms with Crippen LogP contribution in [-0.2, 0) is 4.79 Å². The summed E-state index contributed by atoms with van der Waals surface area (Å²) < 4.78 is 0. The van der Waals surface area contributed by atoms with E-state index in [1.54, 1.807) is 0 Å². The Balaban J connectivity index is 1.53. The number of likely N-dealkylation sites (tertiary alicyclic amines) is 1. The number of nitrogens with one attached hydrogen (secondary N) is 1. The van der Waals surface area contributed by atoms with Crippen molar-refractivity contribution < 1.29 is 4.79 Å². The molecule has 20 heavy (non-hydrogen) atoms. The molecule has 114 valence electrons. The second-order valence-corrected chi connectivity index (χ2v) is 7.11. The molecule has 1 amide bonds. The van der Waals surface area contributed by atoms with Crippen LogP contribution < -0.4 is 5.32 Å². The number of carbonyl (C=O) groups is 1. The van der Waals surface area contributed by atoms with Gasteiger partial charge in [0.1, 0.15) is 0 Å². The van der Waals surface area contributed by atoms with Crippen molar-refractivity contribution in [1.82, 2.24) is 15.1 Å². The number of hydrogen-bond acceptors (Lipinski definition) is 3. The molecule has 3 aliphatic heterocycles. The Hall–Kier alpha value is -0.610. The number of hydrogen-bond donors (Lipinski definition) is 1. The van der Waals surface area contributed by atoms with Gasteiger partial charge in [0.2, 0.25) is 5.91 Å². The van der Waals surface area contributed by atoms with Crippen LogP contribution in [-0.4, -0.2) is 60.0 Å². The van der Waals surface area contributed by atoms with Crippen molar-refractivity contribution >= 4 is 5.91 Å². The molecule has 3 heterocycles. The average molecular weight is 279 g/mol. The quantitative estimate of drug-likeness (QED) is 0.852. The standard InChI is InChI=1S/C16H29N3O/c1-12-5-3-4-8-19(12)16(20)11-18(2)15-9-13-6-7-14(10-15)17-13/h12-15,17H,3-11H2,1-2H3. The van der Waals surface area contributed by atoms with Crippen molar-refractivity contribution in [2.24, 2.45) is 0 Å². The highest BCUT2D eigenvalue weighted by atomic mass is 16.2. The lowest BCUT2D eigenvalue weighted by Crippen LogP contribution is -2.51. The van der Waals surface area contributed by atoms with Crippen molar-refractivity contribution in [2.75, 3.05) is 20.1 Å². The van der Waals surface area contributed by atoms with Gasteiger partial charge in [-0.15, -0.1) is 0 Å². The van der Waals surface area contributed by atoms with Gasteiger partial charge >= 0.3 is 0 Å². The van der Waals surface area contributed by atoms with Crippen LogP contribution in [0, 0.1) is 0 Å². The minimum Gasteiger partial charge on any atom is -0.339 e. The second-order valence-electron chi connectivity index (χ2n) is 7.11. The summed E-state index contributed by atoms with van der Waals surface area (Å²) in [4.78, 5) is 16.9. The lowest BCUT2D eigenvalue weighted by molar-refractivity contribution is -0.136. The Morgan fingerprint density at radius 3 is 2.55 bits per heavy atom. The molecule has 0 radical (unpaired) electrons. The third-order valence-electron chi connectivity index (χ3n) is 5.58. The fourth-order valence-corrected chi connectivity index (χ4v) is 4.29. The lowest BCUT2D eigenvalue weighted by Gasteiger charge is -2.38. The molecule has 4 nitrogen and oxygen atoms in total. The molecule has 0 spiro atoms. The van der Waals surface area contributed by atoms with Crippen molar-refractivity contribution in [2.45, 2.75) is 76.0 Å². The Bertz CT molecular complexity index is 348. The molecule has 1 N–H and O–H groups in total. The third kappa shape index (κ3) is 3.01. The van der Waals surface area contributed by atoms with E-state index in [2.05, 4.69) is 29.1 Å². The van der Waals surface area contributed by atoms with Crippen LogP contribution in [0.15, 0.2) is 0 Å². The molecular formula is C16H29N3O. The maximum Gasteiger partial charge on any atom is 0.236 e. The van der Waals surface area contributed by atoms with Crippen LogP contribution >= 0.6 is 0 Å². The molecule has 0 aromatic heterocycles. The van der Waals surface area contributed by atoms with E-state index in [4.69, 9.17) is 0 Å². The monoisotopic (exact) mass is 279 g/mol. The topological polar surface area (TPSA) is 35.6 Å². The first-order valence-electron chi connectivity index (χ1n) is 8.39. The minimum absolute atomic E-state index is 0.338. The van der Waals surface area contributed by atoms with Crippen LogP contribution in [0.1, 0.15) is 51.9 Å². The predicted octanol–water partition coefficient (Wildman–Crippen LogP) is 1.60. The molecule has 3 aliphatic rings. The van der Waals surface area contributed by atoms with Crippen LogP contribution in [0.2, 0.25) is 0 Å². The summed E-state index contributed by atoms with van der Waals surface area (Å²) in [6, 6.07) is 2.43.